The maximum Gasteiger partial charge on any atom is 0.187 e. The molecule has 2 aromatic heterocycles. The van der Waals surface area contributed by atoms with Crippen LogP contribution in [0.4, 0.5) is 10.8 Å². The van der Waals surface area contributed by atoms with Crippen LogP contribution < -0.4 is 14.8 Å². The molecule has 1 N–H and O–H groups in total. The maximum atomic E-state index is 5.29. The Bertz CT molecular complexity index is 726. The highest BCUT2D eigenvalue weighted by molar-refractivity contribution is 7.15. The van der Waals surface area contributed by atoms with Crippen molar-refractivity contribution in [2.45, 2.75) is 0 Å². The van der Waals surface area contributed by atoms with E-state index < -0.39 is 0 Å². The van der Waals surface area contributed by atoms with Gasteiger partial charge in [-0.2, -0.15) is 0 Å². The molecule has 0 saturated heterocycles. The average molecular weight is 319 g/mol. The fourth-order valence-electron chi connectivity index (χ4n) is 1.82. The third-order valence-corrected chi connectivity index (χ3v) is 4.34. The molecule has 0 bridgehead atoms. The Hall–Kier alpha value is -2.12. The largest absolute Gasteiger partial charge is 0.493 e. The number of thiazole rings is 2. The lowest BCUT2D eigenvalue weighted by Crippen LogP contribution is -1.94. The number of nitrogens with zero attached hydrogens (tertiary/aromatic N) is 2. The summed E-state index contributed by atoms with van der Waals surface area (Å²) in [4.78, 5) is 8.78. The van der Waals surface area contributed by atoms with Gasteiger partial charge in [0.1, 0.15) is 10.7 Å². The van der Waals surface area contributed by atoms with Gasteiger partial charge in [-0.15, -0.1) is 22.7 Å². The third kappa shape index (κ3) is 2.98. The predicted octanol–water partition coefficient (Wildman–Crippen LogP) is 4.03. The van der Waals surface area contributed by atoms with Crippen LogP contribution in [0.15, 0.2) is 35.2 Å². The molecule has 108 valence electrons. The Kier molecular flexibility index (Phi) is 4.03. The molecule has 0 spiro atoms. The minimum absolute atomic E-state index is 0.680. The van der Waals surface area contributed by atoms with Crippen molar-refractivity contribution in [1.29, 1.82) is 0 Å². The second kappa shape index (κ2) is 6.11. The van der Waals surface area contributed by atoms with Gasteiger partial charge in [-0.1, -0.05) is 0 Å². The van der Waals surface area contributed by atoms with E-state index in [1.54, 1.807) is 31.8 Å². The van der Waals surface area contributed by atoms with E-state index in [-0.39, 0.29) is 0 Å². The second-order valence-corrected chi connectivity index (χ2v) is 5.82. The van der Waals surface area contributed by atoms with Crippen molar-refractivity contribution in [3.63, 3.8) is 0 Å². The van der Waals surface area contributed by atoms with Crippen molar-refractivity contribution in [2.75, 3.05) is 19.5 Å². The topological polar surface area (TPSA) is 56.3 Å². The van der Waals surface area contributed by atoms with E-state index in [9.17, 15) is 0 Å². The lowest BCUT2D eigenvalue weighted by atomic mass is 10.3. The molecule has 0 aliphatic carbocycles. The molecule has 3 rings (SSSR count). The Labute approximate surface area is 130 Å². The van der Waals surface area contributed by atoms with Gasteiger partial charge in [0.15, 0.2) is 16.6 Å². The van der Waals surface area contributed by atoms with Crippen LogP contribution in [0.2, 0.25) is 0 Å². The van der Waals surface area contributed by atoms with E-state index in [2.05, 4.69) is 15.3 Å². The molecule has 7 heteroatoms. The first kappa shape index (κ1) is 13.8. The SMILES string of the molecule is COc1ccc(Nc2nc(-c3nccs3)cs2)cc1OC. The van der Waals surface area contributed by atoms with Crippen LogP contribution >= 0.6 is 22.7 Å². The zero-order valence-electron chi connectivity index (χ0n) is 11.5. The van der Waals surface area contributed by atoms with Crippen molar-refractivity contribution in [3.05, 3.63) is 35.2 Å². The normalized spacial score (nSPS) is 10.4. The lowest BCUT2D eigenvalue weighted by Gasteiger charge is -2.09. The van der Waals surface area contributed by atoms with Crippen LogP contribution in [0, 0.1) is 0 Å². The number of benzene rings is 1. The summed E-state index contributed by atoms with van der Waals surface area (Å²) < 4.78 is 10.5. The Balaban J connectivity index is 1.81. The lowest BCUT2D eigenvalue weighted by molar-refractivity contribution is 0.355. The first-order valence-electron chi connectivity index (χ1n) is 6.14. The fraction of sp³-hybridized carbons (Fsp3) is 0.143. The molecule has 5 nitrogen and oxygen atoms in total. The van der Waals surface area contributed by atoms with Crippen LogP contribution in [0.25, 0.3) is 10.7 Å². The molecule has 0 saturated carbocycles. The molecule has 3 aromatic rings. The van der Waals surface area contributed by atoms with Crippen LogP contribution in [0.3, 0.4) is 0 Å². The van der Waals surface area contributed by atoms with Gasteiger partial charge < -0.3 is 14.8 Å². The zero-order valence-corrected chi connectivity index (χ0v) is 13.1. The van der Waals surface area contributed by atoms with Crippen molar-refractivity contribution in [1.82, 2.24) is 9.97 Å². The highest BCUT2D eigenvalue weighted by Gasteiger charge is 2.09. The van der Waals surface area contributed by atoms with E-state index in [0.29, 0.717) is 11.5 Å². The number of ether oxygens (including phenoxy) is 2. The van der Waals surface area contributed by atoms with Crippen LogP contribution in [0.1, 0.15) is 0 Å². The smallest absolute Gasteiger partial charge is 0.187 e. The molecular formula is C14H13N3O2S2. The van der Waals surface area contributed by atoms with Crippen LogP contribution in [-0.2, 0) is 0 Å². The van der Waals surface area contributed by atoms with E-state index >= 15 is 0 Å². The summed E-state index contributed by atoms with van der Waals surface area (Å²) in [5, 5.41) is 8.92. The molecule has 0 radical (unpaired) electrons. The van der Waals surface area contributed by atoms with Crippen LogP contribution in [-0.4, -0.2) is 24.2 Å². The standard InChI is InChI=1S/C14H13N3O2S2/c1-18-11-4-3-9(7-12(11)19-2)16-14-17-10(8-21-14)13-15-5-6-20-13/h3-8H,1-2H3,(H,16,17). The maximum absolute atomic E-state index is 5.29. The van der Waals surface area contributed by atoms with Gasteiger partial charge in [-0.25, -0.2) is 9.97 Å². The van der Waals surface area contributed by atoms with E-state index in [4.69, 9.17) is 9.47 Å². The molecular weight excluding hydrogens is 306 g/mol. The number of hydrogen-bond donors (Lipinski definition) is 1. The molecule has 0 fully saturated rings. The highest BCUT2D eigenvalue weighted by atomic mass is 32.1. The van der Waals surface area contributed by atoms with Gasteiger partial charge >= 0.3 is 0 Å². The minimum atomic E-state index is 0.680. The summed E-state index contributed by atoms with van der Waals surface area (Å²) in [6, 6.07) is 5.66. The van der Waals surface area contributed by atoms with Crippen molar-refractivity contribution >= 4 is 33.5 Å². The van der Waals surface area contributed by atoms with Crippen LogP contribution in [0.5, 0.6) is 11.5 Å². The van der Waals surface area contributed by atoms with E-state index in [1.807, 2.05) is 29.0 Å². The Morgan fingerprint density at radius 3 is 2.67 bits per heavy atom. The summed E-state index contributed by atoms with van der Waals surface area (Å²) >= 11 is 3.11. The number of aromatic nitrogens is 2. The summed E-state index contributed by atoms with van der Waals surface area (Å²) in [6.45, 7) is 0. The van der Waals surface area contributed by atoms with Crippen molar-refractivity contribution in [2.24, 2.45) is 0 Å². The number of rotatable bonds is 5. The Morgan fingerprint density at radius 2 is 1.95 bits per heavy atom. The molecule has 1 aromatic carbocycles. The van der Waals surface area contributed by atoms with Gasteiger partial charge in [0, 0.05) is 28.7 Å². The van der Waals surface area contributed by atoms with Gasteiger partial charge in [-0.05, 0) is 12.1 Å². The number of methoxy groups -OCH3 is 2. The van der Waals surface area contributed by atoms with E-state index in [0.717, 1.165) is 21.5 Å². The number of anilines is 2. The summed E-state index contributed by atoms with van der Waals surface area (Å²) in [5.74, 6) is 1.38. The molecule has 0 aliphatic rings. The van der Waals surface area contributed by atoms with E-state index in [1.165, 1.54) is 11.3 Å². The predicted molar refractivity (Wildman–Crippen MR) is 86.1 cm³/mol. The van der Waals surface area contributed by atoms with Gasteiger partial charge in [0.2, 0.25) is 0 Å². The quantitative estimate of drug-likeness (QED) is 0.769. The Morgan fingerprint density at radius 1 is 1.10 bits per heavy atom. The summed E-state index contributed by atoms with van der Waals surface area (Å²) in [5.41, 5.74) is 1.78. The van der Waals surface area contributed by atoms with Gasteiger partial charge in [0.05, 0.1) is 14.2 Å². The summed E-state index contributed by atoms with van der Waals surface area (Å²) in [7, 11) is 3.23. The fourth-order valence-corrected chi connectivity index (χ4v) is 3.20. The molecule has 0 atom stereocenters. The van der Waals surface area contributed by atoms with Gasteiger partial charge in [0.25, 0.3) is 0 Å². The molecule has 0 amide bonds. The molecule has 2 heterocycles. The second-order valence-electron chi connectivity index (χ2n) is 4.07. The average Bonchev–Trinajstić information content (AvgIpc) is 3.17. The number of nitrogens with one attached hydrogen (secondary N) is 1. The minimum Gasteiger partial charge on any atom is -0.493 e. The molecule has 0 unspecified atom stereocenters. The monoisotopic (exact) mass is 319 g/mol. The first-order chi connectivity index (χ1) is 10.3. The molecule has 0 aliphatic heterocycles. The number of hydrogen-bond acceptors (Lipinski definition) is 7. The molecule has 21 heavy (non-hydrogen) atoms. The first-order valence-corrected chi connectivity index (χ1v) is 7.90. The zero-order chi connectivity index (χ0) is 14.7. The summed E-state index contributed by atoms with van der Waals surface area (Å²) in [6.07, 6.45) is 1.78. The highest BCUT2D eigenvalue weighted by Crippen LogP contribution is 2.33. The van der Waals surface area contributed by atoms with Crippen molar-refractivity contribution < 1.29 is 9.47 Å². The van der Waals surface area contributed by atoms with Gasteiger partial charge in [-0.3, -0.25) is 0 Å². The third-order valence-electron chi connectivity index (χ3n) is 2.79. The van der Waals surface area contributed by atoms with Crippen molar-refractivity contribution in [3.8, 4) is 22.2 Å².